The first-order valence-corrected chi connectivity index (χ1v) is 5.89. The first kappa shape index (κ1) is 10.3. The fraction of sp³-hybridized carbons (Fsp3) is 0.417. The lowest BCUT2D eigenvalue weighted by Gasteiger charge is -2.00. The quantitative estimate of drug-likeness (QED) is 0.856. The Labute approximate surface area is 99.1 Å². The van der Waals surface area contributed by atoms with Crippen LogP contribution in [0.2, 0.25) is 0 Å². The Morgan fingerprint density at radius 2 is 2.12 bits per heavy atom. The van der Waals surface area contributed by atoms with E-state index in [1.807, 2.05) is 0 Å². The zero-order chi connectivity index (χ0) is 11.7. The summed E-state index contributed by atoms with van der Waals surface area (Å²) in [7, 11) is 0. The van der Waals surface area contributed by atoms with Gasteiger partial charge in [-0.15, -0.1) is 0 Å². The van der Waals surface area contributed by atoms with Gasteiger partial charge in [-0.1, -0.05) is 18.0 Å². The maximum Gasteiger partial charge on any atom is 0.278 e. The molecule has 2 aromatic heterocycles. The van der Waals surface area contributed by atoms with Crippen molar-refractivity contribution >= 4 is 5.69 Å². The summed E-state index contributed by atoms with van der Waals surface area (Å²) in [6.45, 7) is 0. The van der Waals surface area contributed by atoms with Gasteiger partial charge in [0.15, 0.2) is 11.5 Å². The summed E-state index contributed by atoms with van der Waals surface area (Å²) >= 11 is 0. The predicted molar refractivity (Wildman–Crippen MR) is 63.2 cm³/mol. The van der Waals surface area contributed by atoms with Crippen molar-refractivity contribution in [1.82, 2.24) is 15.1 Å². The third kappa shape index (κ3) is 1.88. The summed E-state index contributed by atoms with van der Waals surface area (Å²) < 4.78 is 5.24. The highest BCUT2D eigenvalue weighted by Gasteiger charge is 2.23. The van der Waals surface area contributed by atoms with Gasteiger partial charge >= 0.3 is 0 Å². The van der Waals surface area contributed by atoms with E-state index in [9.17, 15) is 0 Å². The van der Waals surface area contributed by atoms with Gasteiger partial charge in [0.05, 0.1) is 5.69 Å². The normalized spacial score (nSPS) is 16.5. The molecule has 0 aliphatic heterocycles. The second kappa shape index (κ2) is 4.16. The highest BCUT2D eigenvalue weighted by atomic mass is 16.5. The van der Waals surface area contributed by atoms with Crippen LogP contribution in [0.5, 0.6) is 0 Å². The molecule has 0 spiro atoms. The Morgan fingerprint density at radius 1 is 1.29 bits per heavy atom. The molecule has 2 heterocycles. The first-order chi connectivity index (χ1) is 8.34. The SMILES string of the molecule is Nc1cccnc1-c1nc(C2CCCC2)no1. The number of pyridine rings is 1. The van der Waals surface area contributed by atoms with Crippen LogP contribution in [0.25, 0.3) is 11.6 Å². The van der Waals surface area contributed by atoms with E-state index in [-0.39, 0.29) is 0 Å². The number of nitrogens with two attached hydrogens (primary N) is 1. The Morgan fingerprint density at radius 3 is 2.88 bits per heavy atom. The van der Waals surface area contributed by atoms with Crippen molar-refractivity contribution in [2.24, 2.45) is 0 Å². The fourth-order valence-corrected chi connectivity index (χ4v) is 2.28. The summed E-state index contributed by atoms with van der Waals surface area (Å²) in [6, 6.07) is 3.56. The Hall–Kier alpha value is -1.91. The van der Waals surface area contributed by atoms with Gasteiger partial charge in [-0.3, -0.25) is 0 Å². The number of hydrogen-bond donors (Lipinski definition) is 1. The van der Waals surface area contributed by atoms with E-state index in [1.165, 1.54) is 12.8 Å². The molecule has 2 N–H and O–H groups in total. The van der Waals surface area contributed by atoms with Crippen LogP contribution in [-0.4, -0.2) is 15.1 Å². The van der Waals surface area contributed by atoms with Crippen LogP contribution in [-0.2, 0) is 0 Å². The van der Waals surface area contributed by atoms with Gasteiger partial charge in [-0.05, 0) is 25.0 Å². The van der Waals surface area contributed by atoms with Crippen LogP contribution in [0.3, 0.4) is 0 Å². The molecule has 3 rings (SSSR count). The molecule has 17 heavy (non-hydrogen) atoms. The fourth-order valence-electron chi connectivity index (χ4n) is 2.28. The minimum absolute atomic E-state index is 0.421. The molecule has 0 amide bonds. The van der Waals surface area contributed by atoms with Crippen LogP contribution in [0.15, 0.2) is 22.9 Å². The largest absolute Gasteiger partial charge is 0.397 e. The molecule has 1 saturated carbocycles. The Balaban J connectivity index is 1.92. The van der Waals surface area contributed by atoms with Crippen LogP contribution in [0, 0.1) is 0 Å². The topological polar surface area (TPSA) is 77.8 Å². The number of nitrogens with zero attached hydrogens (tertiary/aromatic N) is 3. The molecule has 5 heteroatoms. The van der Waals surface area contributed by atoms with Gasteiger partial charge in [-0.2, -0.15) is 4.98 Å². The van der Waals surface area contributed by atoms with Gasteiger partial charge in [0.25, 0.3) is 5.89 Å². The second-order valence-corrected chi connectivity index (χ2v) is 4.38. The molecule has 0 radical (unpaired) electrons. The van der Waals surface area contributed by atoms with Gasteiger partial charge in [-0.25, -0.2) is 4.98 Å². The number of rotatable bonds is 2. The maximum absolute atomic E-state index is 5.83. The lowest BCUT2D eigenvalue weighted by molar-refractivity contribution is 0.415. The number of nitrogen functional groups attached to an aromatic ring is 1. The van der Waals surface area contributed by atoms with Crippen LogP contribution in [0.4, 0.5) is 5.69 Å². The van der Waals surface area contributed by atoms with Crippen molar-refractivity contribution in [3.05, 3.63) is 24.2 Å². The van der Waals surface area contributed by atoms with E-state index < -0.39 is 0 Å². The molecule has 1 fully saturated rings. The van der Waals surface area contributed by atoms with Gasteiger partial charge in [0.1, 0.15) is 0 Å². The van der Waals surface area contributed by atoms with E-state index in [2.05, 4.69) is 15.1 Å². The van der Waals surface area contributed by atoms with Crippen molar-refractivity contribution in [2.45, 2.75) is 31.6 Å². The van der Waals surface area contributed by atoms with Gasteiger partial charge in [0.2, 0.25) is 0 Å². The minimum atomic E-state index is 0.421. The molecule has 0 aromatic carbocycles. The highest BCUT2D eigenvalue weighted by molar-refractivity contribution is 5.65. The minimum Gasteiger partial charge on any atom is -0.397 e. The number of hydrogen-bond acceptors (Lipinski definition) is 5. The molecular formula is C12H14N4O. The van der Waals surface area contributed by atoms with E-state index in [4.69, 9.17) is 10.3 Å². The van der Waals surface area contributed by atoms with Gasteiger partial charge < -0.3 is 10.3 Å². The van der Waals surface area contributed by atoms with E-state index in [0.717, 1.165) is 18.7 Å². The third-order valence-electron chi connectivity index (χ3n) is 3.20. The molecule has 88 valence electrons. The van der Waals surface area contributed by atoms with Gasteiger partial charge in [0, 0.05) is 12.1 Å². The smallest absolute Gasteiger partial charge is 0.278 e. The monoisotopic (exact) mass is 230 g/mol. The van der Waals surface area contributed by atoms with Crippen molar-refractivity contribution in [2.75, 3.05) is 5.73 Å². The maximum atomic E-state index is 5.83. The molecule has 0 saturated heterocycles. The van der Waals surface area contributed by atoms with Crippen LogP contribution >= 0.6 is 0 Å². The summed E-state index contributed by atoms with van der Waals surface area (Å²) in [6.07, 6.45) is 6.47. The Kier molecular flexibility index (Phi) is 2.51. The van der Waals surface area contributed by atoms with E-state index in [0.29, 0.717) is 23.2 Å². The van der Waals surface area contributed by atoms with Crippen molar-refractivity contribution in [3.8, 4) is 11.6 Å². The predicted octanol–water partition coefficient (Wildman–Crippen LogP) is 2.37. The lowest BCUT2D eigenvalue weighted by Crippen LogP contribution is -1.96. The van der Waals surface area contributed by atoms with Crippen molar-refractivity contribution in [3.63, 3.8) is 0 Å². The molecule has 0 unspecified atom stereocenters. The average molecular weight is 230 g/mol. The molecule has 0 bridgehead atoms. The standard InChI is InChI=1S/C12H14N4O/c13-9-6-3-7-14-10(9)12-15-11(16-17-12)8-4-1-2-5-8/h3,6-8H,1-2,4-5,13H2. The second-order valence-electron chi connectivity index (χ2n) is 4.38. The molecule has 2 aromatic rings. The number of anilines is 1. The van der Waals surface area contributed by atoms with Crippen LogP contribution < -0.4 is 5.73 Å². The summed E-state index contributed by atoms with van der Waals surface area (Å²) in [5.74, 6) is 1.66. The lowest BCUT2D eigenvalue weighted by atomic mass is 10.1. The molecule has 5 nitrogen and oxygen atoms in total. The summed E-state index contributed by atoms with van der Waals surface area (Å²) in [5, 5.41) is 4.03. The van der Waals surface area contributed by atoms with E-state index in [1.54, 1.807) is 18.3 Å². The first-order valence-electron chi connectivity index (χ1n) is 5.89. The number of aromatic nitrogens is 3. The van der Waals surface area contributed by atoms with E-state index >= 15 is 0 Å². The van der Waals surface area contributed by atoms with Crippen LogP contribution in [0.1, 0.15) is 37.4 Å². The summed E-state index contributed by atoms with van der Waals surface area (Å²) in [5.41, 5.74) is 6.96. The molecule has 1 aliphatic carbocycles. The zero-order valence-corrected chi connectivity index (χ0v) is 9.47. The Bertz CT molecular complexity index is 517. The summed E-state index contributed by atoms with van der Waals surface area (Å²) in [4.78, 5) is 8.57. The zero-order valence-electron chi connectivity index (χ0n) is 9.47. The third-order valence-corrected chi connectivity index (χ3v) is 3.20. The van der Waals surface area contributed by atoms with Crippen molar-refractivity contribution < 1.29 is 4.52 Å². The average Bonchev–Trinajstić information content (AvgIpc) is 3.00. The highest BCUT2D eigenvalue weighted by Crippen LogP contribution is 2.33. The molecule has 0 atom stereocenters. The van der Waals surface area contributed by atoms with Crippen molar-refractivity contribution in [1.29, 1.82) is 0 Å². The molecular weight excluding hydrogens is 216 g/mol. The molecule has 1 aliphatic rings.